The van der Waals surface area contributed by atoms with E-state index < -0.39 is 44.3 Å². The summed E-state index contributed by atoms with van der Waals surface area (Å²) in [5.74, 6) is -4.45. The zero-order valence-corrected chi connectivity index (χ0v) is 7.07. The Balaban J connectivity index is 2.90. The molecular weight excluding hydrogens is 176 g/mol. The molecule has 2 N–H and O–H groups in total. The third-order valence-corrected chi connectivity index (χ3v) is 1.47. The van der Waals surface area contributed by atoms with Gasteiger partial charge in [0.05, 0.1) is 12.4 Å². The summed E-state index contributed by atoms with van der Waals surface area (Å²) < 4.78 is 94.9. The first-order valence-electron chi connectivity index (χ1n) is 9.75. The van der Waals surface area contributed by atoms with E-state index in [1.165, 1.54) is 0 Å². The number of anilines is 2. The average Bonchev–Trinajstić information content (AvgIpc) is 2.45. The van der Waals surface area contributed by atoms with Gasteiger partial charge in [-0.2, -0.15) is 0 Å². The van der Waals surface area contributed by atoms with Crippen molar-refractivity contribution in [3.63, 3.8) is 0 Å². The lowest BCUT2D eigenvalue weighted by molar-refractivity contribution is 0.444. The molecule has 0 aliphatic carbocycles. The number of nitrogen functional groups attached to an aromatic ring is 1. The van der Waals surface area contributed by atoms with Crippen LogP contribution in [0.25, 0.3) is 0 Å². The molecule has 1 atom stereocenters. The number of hydrogen-bond acceptors (Lipinski definition) is 4. The Morgan fingerprint density at radius 3 is 3.36 bits per heavy atom. The van der Waals surface area contributed by atoms with Crippen LogP contribution >= 0.6 is 0 Å². The highest BCUT2D eigenvalue weighted by Crippen LogP contribution is 2.20. The minimum Gasteiger partial charge on any atom is -0.382 e. The van der Waals surface area contributed by atoms with Crippen molar-refractivity contribution in [2.45, 2.75) is 19.6 Å². The van der Waals surface area contributed by atoms with Gasteiger partial charge in [0.15, 0.2) is 0 Å². The van der Waals surface area contributed by atoms with E-state index in [4.69, 9.17) is 22.2 Å². The van der Waals surface area contributed by atoms with Gasteiger partial charge in [-0.3, -0.25) is 0 Å². The molecule has 0 amide bonds. The smallest absolute Gasteiger partial charge is 0.147 e. The number of aromatic nitrogens is 2. The number of hydrogen-bond donors (Lipinski definition) is 1. The van der Waals surface area contributed by atoms with E-state index in [-0.39, 0.29) is 10.7 Å². The van der Waals surface area contributed by atoms with Crippen LogP contribution in [0.2, 0.25) is 0 Å². The lowest BCUT2D eigenvalue weighted by atomic mass is 10.0. The van der Waals surface area contributed by atoms with Crippen molar-refractivity contribution >= 4 is 11.6 Å². The average molecular weight is 204 g/mol. The minimum absolute atomic E-state index is 0.00708. The Labute approximate surface area is 101 Å². The summed E-state index contributed by atoms with van der Waals surface area (Å²) in [5, 5.41) is 0. The molecule has 2 rings (SSSR count). The van der Waals surface area contributed by atoms with Gasteiger partial charge >= 0.3 is 0 Å². The van der Waals surface area contributed by atoms with Gasteiger partial charge in [-0.25, -0.2) is 9.97 Å². The Kier molecular flexibility index (Phi) is 0.715. The van der Waals surface area contributed by atoms with E-state index in [2.05, 4.69) is 9.97 Å². The van der Waals surface area contributed by atoms with Crippen LogP contribution < -0.4 is 10.6 Å². The van der Waals surface area contributed by atoms with Crippen LogP contribution in [0, 0.1) is 5.89 Å². The molecule has 1 saturated heterocycles. The molecule has 1 aliphatic heterocycles. The molecule has 1 aromatic rings. The summed E-state index contributed by atoms with van der Waals surface area (Å²) in [4.78, 5) is 7.27. The zero-order valence-electron chi connectivity index (χ0n) is 19.1. The normalized spacial score (nSPS) is 55.6. The molecule has 0 saturated carbocycles. The lowest BCUT2D eigenvalue weighted by Crippen LogP contribution is -2.34. The van der Waals surface area contributed by atoms with E-state index in [0.29, 0.717) is 0 Å². The minimum atomic E-state index is -3.74. The van der Waals surface area contributed by atoms with Crippen LogP contribution in [-0.4, -0.2) is 23.0 Å². The lowest BCUT2D eigenvalue weighted by Gasteiger charge is -2.31. The van der Waals surface area contributed by atoms with Crippen LogP contribution in [0.1, 0.15) is 36.0 Å². The molecule has 2 heterocycles. The molecule has 1 unspecified atom stereocenters. The van der Waals surface area contributed by atoms with E-state index in [1.54, 1.807) is 0 Å². The monoisotopic (exact) mass is 204 g/mol. The summed E-state index contributed by atoms with van der Waals surface area (Å²) in [7, 11) is 0. The van der Waals surface area contributed by atoms with Crippen LogP contribution in [-0.2, 0) is 0 Å². The topological polar surface area (TPSA) is 55.0 Å². The van der Waals surface area contributed by atoms with Crippen molar-refractivity contribution in [1.29, 1.82) is 0 Å². The van der Waals surface area contributed by atoms with Gasteiger partial charge in [0.1, 0.15) is 11.6 Å². The van der Waals surface area contributed by atoms with Crippen LogP contribution in [0.5, 0.6) is 0 Å². The molecule has 0 spiro atoms. The molecule has 14 heavy (non-hydrogen) atoms. The summed E-state index contributed by atoms with van der Waals surface area (Å²) in [6.07, 6.45) is -5.63. The molecule has 1 fully saturated rings. The van der Waals surface area contributed by atoms with Crippen molar-refractivity contribution in [1.82, 2.24) is 9.97 Å². The SMILES string of the molecule is [2H]C([2H])([2H])C1([2H])C([2H])([2H])N(c2cnc(N)cn2)C([2H])([2H])C([2H])([2H])C1([2H])[2H]. The van der Waals surface area contributed by atoms with Crippen LogP contribution in [0.4, 0.5) is 11.6 Å². The fraction of sp³-hybridized carbons (Fsp3) is 0.600. The Hall–Kier alpha value is -1.32. The maximum atomic E-state index is 8.20. The van der Waals surface area contributed by atoms with Crippen molar-refractivity contribution in [3.8, 4) is 0 Å². The van der Waals surface area contributed by atoms with Gasteiger partial charge in [0, 0.05) is 29.4 Å². The summed E-state index contributed by atoms with van der Waals surface area (Å²) in [5.41, 5.74) is 5.37. The van der Waals surface area contributed by atoms with Crippen molar-refractivity contribution in [2.75, 3.05) is 23.6 Å². The highest BCUT2D eigenvalue weighted by Gasteiger charge is 2.17. The predicted octanol–water partition coefficient (Wildman–Crippen LogP) is 1.30. The first-order valence-corrected chi connectivity index (χ1v) is 3.75. The fourth-order valence-corrected chi connectivity index (χ4v) is 0.875. The van der Waals surface area contributed by atoms with Gasteiger partial charge < -0.3 is 10.6 Å². The quantitative estimate of drug-likeness (QED) is 0.749. The van der Waals surface area contributed by atoms with E-state index in [9.17, 15) is 0 Å². The van der Waals surface area contributed by atoms with E-state index >= 15 is 0 Å². The summed E-state index contributed by atoms with van der Waals surface area (Å²) >= 11 is 0. The number of nitrogens with two attached hydrogens (primary N) is 1. The number of nitrogens with zero attached hydrogens (tertiary/aromatic N) is 3. The van der Waals surface area contributed by atoms with Crippen molar-refractivity contribution < 1.29 is 16.4 Å². The number of piperidine rings is 1. The molecule has 76 valence electrons. The van der Waals surface area contributed by atoms with Crippen LogP contribution in [0.3, 0.4) is 0 Å². The third-order valence-electron chi connectivity index (χ3n) is 1.47. The molecule has 0 aromatic carbocycles. The molecule has 1 aromatic heterocycles. The molecule has 0 bridgehead atoms. The van der Waals surface area contributed by atoms with Gasteiger partial charge in [0.2, 0.25) is 0 Å². The van der Waals surface area contributed by atoms with E-state index in [0.717, 1.165) is 12.4 Å². The van der Waals surface area contributed by atoms with Gasteiger partial charge in [-0.15, -0.1) is 0 Å². The second-order valence-corrected chi connectivity index (χ2v) is 2.48. The maximum absolute atomic E-state index is 8.20. The second kappa shape index (κ2) is 3.82. The molecule has 4 nitrogen and oxygen atoms in total. The second-order valence-electron chi connectivity index (χ2n) is 2.48. The van der Waals surface area contributed by atoms with Crippen molar-refractivity contribution in [3.05, 3.63) is 12.4 Å². The van der Waals surface area contributed by atoms with Gasteiger partial charge in [-0.05, 0) is 18.6 Å². The third kappa shape index (κ3) is 1.95. The first-order chi connectivity index (χ1) is 11.4. The Morgan fingerprint density at radius 1 is 1.71 bits per heavy atom. The van der Waals surface area contributed by atoms with Gasteiger partial charge in [-0.1, -0.05) is 6.85 Å². The first kappa shape index (κ1) is 2.62. The van der Waals surface area contributed by atoms with E-state index in [1.807, 2.05) is 0 Å². The molecule has 1 aliphatic rings. The summed E-state index contributed by atoms with van der Waals surface area (Å²) in [6, 6.07) is 0. The predicted molar refractivity (Wildman–Crippen MR) is 57.1 cm³/mol. The summed E-state index contributed by atoms with van der Waals surface area (Å²) in [6.45, 7) is -10.6. The highest BCUT2D eigenvalue weighted by atomic mass is 15.2. The van der Waals surface area contributed by atoms with Crippen LogP contribution in [0.15, 0.2) is 12.4 Å². The Morgan fingerprint density at radius 2 is 2.64 bits per heavy atom. The number of rotatable bonds is 1. The maximum Gasteiger partial charge on any atom is 0.147 e. The van der Waals surface area contributed by atoms with Crippen molar-refractivity contribution in [2.24, 2.45) is 5.89 Å². The highest BCUT2D eigenvalue weighted by molar-refractivity contribution is 5.39. The molecule has 0 radical (unpaired) electrons. The zero-order chi connectivity index (χ0) is 20.6. The molecular formula is C10H16N4. The van der Waals surface area contributed by atoms with Gasteiger partial charge in [0.25, 0.3) is 0 Å². The Bertz CT molecular complexity index is 699. The molecule has 4 heteroatoms. The standard InChI is InChI=1S/C10H16N4/c1-8-3-2-4-14(7-8)10-6-12-9(11)5-13-10/h5-6,8H,2-4,7H2,1H3,(H2,11,12)/i1D3,2D2,3D2,4D2,7D2,8D. The largest absolute Gasteiger partial charge is 0.382 e. The fourth-order valence-electron chi connectivity index (χ4n) is 0.875.